The molecule has 0 aliphatic rings. The van der Waals surface area contributed by atoms with Gasteiger partial charge in [-0.05, 0) is 28.8 Å². The zero-order chi connectivity index (χ0) is 15.6. The van der Waals surface area contributed by atoms with Crippen molar-refractivity contribution < 1.29 is 23.1 Å². The van der Waals surface area contributed by atoms with E-state index < -0.39 is 11.7 Å². The Morgan fingerprint density at radius 1 is 1.10 bits per heavy atom. The number of hydrogen-bond donors (Lipinski definition) is 1. The highest BCUT2D eigenvalue weighted by molar-refractivity contribution is 6.33. The molecule has 0 fully saturated rings. The van der Waals surface area contributed by atoms with Crippen molar-refractivity contribution in [2.75, 3.05) is 0 Å². The van der Waals surface area contributed by atoms with E-state index in [1.54, 1.807) is 12.1 Å². The van der Waals surface area contributed by atoms with Gasteiger partial charge in [0.15, 0.2) is 0 Å². The van der Waals surface area contributed by atoms with E-state index in [1.165, 1.54) is 26.0 Å². The first-order chi connectivity index (χ1) is 9.86. The first kappa shape index (κ1) is 15.3. The smallest absolute Gasteiger partial charge is 0.392 e. The number of hydrogen-bond acceptors (Lipinski definition) is 2. The molecule has 21 heavy (non-hydrogen) atoms. The molecule has 0 saturated heterocycles. The van der Waals surface area contributed by atoms with E-state index in [9.17, 15) is 18.0 Å². The first-order valence-corrected chi connectivity index (χ1v) is 6.24. The Kier molecular flexibility index (Phi) is 4.18. The number of alkyl halides is 3. The van der Waals surface area contributed by atoms with Crippen LogP contribution >= 0.6 is 0 Å². The Balaban J connectivity index is 2.55. The van der Waals surface area contributed by atoms with Crippen LogP contribution in [0.4, 0.5) is 13.2 Å². The van der Waals surface area contributed by atoms with Crippen molar-refractivity contribution in [2.45, 2.75) is 12.8 Å². The van der Waals surface area contributed by atoms with Crippen LogP contribution in [0.2, 0.25) is 0 Å². The molecule has 0 atom stereocenters. The van der Waals surface area contributed by atoms with Crippen LogP contribution in [0.1, 0.15) is 21.5 Å². The molecule has 0 spiro atoms. The van der Waals surface area contributed by atoms with Gasteiger partial charge in [-0.2, -0.15) is 13.2 Å². The minimum Gasteiger partial charge on any atom is -0.392 e. The minimum absolute atomic E-state index is 0.147. The van der Waals surface area contributed by atoms with Crippen LogP contribution < -0.4 is 5.46 Å². The molecule has 0 unspecified atom stereocenters. The van der Waals surface area contributed by atoms with Crippen LogP contribution in [0.3, 0.4) is 0 Å². The van der Waals surface area contributed by atoms with Gasteiger partial charge in [-0.25, -0.2) is 0 Å². The predicted molar refractivity (Wildman–Crippen MR) is 76.4 cm³/mol. The fourth-order valence-corrected chi connectivity index (χ4v) is 2.14. The minimum atomic E-state index is -4.42. The summed E-state index contributed by atoms with van der Waals surface area (Å²) < 4.78 is 38.8. The molecule has 0 aromatic heterocycles. The molecule has 0 bridgehead atoms. The number of carbonyl (C=O) groups excluding carboxylic acids is 1. The van der Waals surface area contributed by atoms with Gasteiger partial charge in [0.2, 0.25) is 0 Å². The molecule has 0 heterocycles. The number of aliphatic hydroxyl groups excluding tert-OH is 1. The fourth-order valence-electron chi connectivity index (χ4n) is 2.14. The van der Waals surface area contributed by atoms with Crippen molar-refractivity contribution in [3.8, 4) is 11.1 Å². The van der Waals surface area contributed by atoms with Crippen LogP contribution in [-0.2, 0) is 12.8 Å². The van der Waals surface area contributed by atoms with Crippen molar-refractivity contribution in [3.63, 3.8) is 0 Å². The third-order valence-corrected chi connectivity index (χ3v) is 3.32. The number of carbonyl (C=O) groups is 1. The second kappa shape index (κ2) is 5.73. The Morgan fingerprint density at radius 2 is 1.71 bits per heavy atom. The third-order valence-electron chi connectivity index (χ3n) is 3.32. The van der Waals surface area contributed by atoms with Gasteiger partial charge in [0.1, 0.15) is 14.1 Å². The summed E-state index contributed by atoms with van der Waals surface area (Å²) in [5.74, 6) is 0. The van der Waals surface area contributed by atoms with E-state index in [-0.39, 0.29) is 17.6 Å². The van der Waals surface area contributed by atoms with Crippen molar-refractivity contribution in [1.82, 2.24) is 0 Å². The van der Waals surface area contributed by atoms with Crippen molar-refractivity contribution in [2.24, 2.45) is 0 Å². The van der Waals surface area contributed by atoms with Gasteiger partial charge in [-0.1, -0.05) is 29.7 Å². The number of benzene rings is 2. The normalized spacial score (nSPS) is 11.4. The SMILES string of the molecule is Bc1ccc(-c2ccc(CO)c(C=O)c2)cc1C(F)(F)F. The Bertz CT molecular complexity index is 681. The lowest BCUT2D eigenvalue weighted by atomic mass is 9.87. The summed E-state index contributed by atoms with van der Waals surface area (Å²) in [6, 6.07) is 8.64. The maximum atomic E-state index is 12.9. The Labute approximate surface area is 120 Å². The molecule has 0 aliphatic heterocycles. The molecule has 108 valence electrons. The predicted octanol–water partition coefficient (Wildman–Crippen LogP) is 1.94. The van der Waals surface area contributed by atoms with Gasteiger partial charge in [0.05, 0.1) is 6.61 Å². The van der Waals surface area contributed by atoms with Gasteiger partial charge in [0, 0.05) is 11.1 Å². The quantitative estimate of drug-likeness (QED) is 0.693. The van der Waals surface area contributed by atoms with Crippen LogP contribution in [0, 0.1) is 0 Å². The van der Waals surface area contributed by atoms with Gasteiger partial charge < -0.3 is 5.11 Å². The monoisotopic (exact) mass is 292 g/mol. The molecule has 2 aromatic carbocycles. The molecule has 0 amide bonds. The molecule has 0 radical (unpaired) electrons. The largest absolute Gasteiger partial charge is 0.415 e. The van der Waals surface area contributed by atoms with Crippen LogP contribution in [-0.4, -0.2) is 19.2 Å². The lowest BCUT2D eigenvalue weighted by molar-refractivity contribution is -0.136. The highest BCUT2D eigenvalue weighted by atomic mass is 19.4. The molecule has 2 nitrogen and oxygen atoms in total. The van der Waals surface area contributed by atoms with E-state index in [0.717, 1.165) is 6.07 Å². The summed E-state index contributed by atoms with van der Waals surface area (Å²) in [4.78, 5) is 11.0. The van der Waals surface area contributed by atoms with E-state index in [1.807, 2.05) is 0 Å². The highest BCUT2D eigenvalue weighted by Crippen LogP contribution is 2.31. The fraction of sp³-hybridized carbons (Fsp3) is 0.133. The molecule has 6 heteroatoms. The Morgan fingerprint density at radius 3 is 2.29 bits per heavy atom. The summed E-state index contributed by atoms with van der Waals surface area (Å²) in [5.41, 5.74) is 1.04. The third kappa shape index (κ3) is 3.16. The van der Waals surface area contributed by atoms with Crippen LogP contribution in [0.25, 0.3) is 11.1 Å². The van der Waals surface area contributed by atoms with E-state index in [0.29, 0.717) is 23.0 Å². The van der Waals surface area contributed by atoms with E-state index >= 15 is 0 Å². The average Bonchev–Trinajstić information content (AvgIpc) is 2.45. The van der Waals surface area contributed by atoms with Crippen LogP contribution in [0.5, 0.6) is 0 Å². The number of aldehydes is 1. The summed E-state index contributed by atoms with van der Waals surface area (Å²) >= 11 is 0. The maximum absolute atomic E-state index is 12.9. The van der Waals surface area contributed by atoms with E-state index in [2.05, 4.69) is 0 Å². The summed E-state index contributed by atoms with van der Waals surface area (Å²) in [6.07, 6.45) is -3.84. The maximum Gasteiger partial charge on any atom is 0.415 e. The summed E-state index contributed by atoms with van der Waals surface area (Å²) in [6.45, 7) is -0.296. The lowest BCUT2D eigenvalue weighted by Crippen LogP contribution is -2.19. The summed E-state index contributed by atoms with van der Waals surface area (Å²) in [7, 11) is 1.40. The number of rotatable bonds is 3. The first-order valence-electron chi connectivity index (χ1n) is 6.24. The number of aliphatic hydroxyl groups is 1. The standard InChI is InChI=1S/C15H12BF3O2/c16-14-4-3-10(6-13(14)15(17,18)19)9-1-2-11(7-20)12(5-9)8-21/h1-6,8,20H,7,16H2. The second-order valence-corrected chi connectivity index (χ2v) is 4.72. The van der Waals surface area contributed by atoms with E-state index in [4.69, 9.17) is 5.11 Å². The van der Waals surface area contributed by atoms with Crippen LogP contribution in [0.15, 0.2) is 36.4 Å². The molecule has 2 aromatic rings. The molecule has 0 aliphatic carbocycles. The zero-order valence-corrected chi connectivity index (χ0v) is 11.2. The molecular weight excluding hydrogens is 280 g/mol. The molecular formula is C15H12BF3O2. The Hall–Kier alpha value is -2.08. The van der Waals surface area contributed by atoms with Gasteiger partial charge in [-0.3, -0.25) is 4.79 Å². The van der Waals surface area contributed by atoms with Crippen molar-refractivity contribution in [3.05, 3.63) is 53.1 Å². The van der Waals surface area contributed by atoms with Crippen molar-refractivity contribution in [1.29, 1.82) is 0 Å². The average molecular weight is 292 g/mol. The van der Waals surface area contributed by atoms with Crippen molar-refractivity contribution >= 4 is 19.6 Å². The number of halogens is 3. The second-order valence-electron chi connectivity index (χ2n) is 4.72. The van der Waals surface area contributed by atoms with Gasteiger partial charge in [-0.15, -0.1) is 0 Å². The van der Waals surface area contributed by atoms with Gasteiger partial charge in [0.25, 0.3) is 0 Å². The molecule has 2 rings (SSSR count). The molecule has 0 saturated carbocycles. The van der Waals surface area contributed by atoms with Gasteiger partial charge >= 0.3 is 6.18 Å². The zero-order valence-electron chi connectivity index (χ0n) is 11.2. The molecule has 1 N–H and O–H groups in total. The lowest BCUT2D eigenvalue weighted by Gasteiger charge is -2.13. The highest BCUT2D eigenvalue weighted by Gasteiger charge is 2.32. The topological polar surface area (TPSA) is 37.3 Å². The summed E-state index contributed by atoms with van der Waals surface area (Å²) in [5, 5.41) is 9.09.